The van der Waals surface area contributed by atoms with Crippen molar-refractivity contribution in [2.75, 3.05) is 5.73 Å². The van der Waals surface area contributed by atoms with E-state index in [2.05, 4.69) is 10.2 Å². The van der Waals surface area contributed by atoms with E-state index in [1.165, 1.54) is 0 Å². The van der Waals surface area contributed by atoms with Gasteiger partial charge in [-0.05, 0) is 12.8 Å². The van der Waals surface area contributed by atoms with Crippen LogP contribution in [0, 0.1) is 0 Å². The number of carbonyl (C=O) groups excluding carboxylic acids is 1. The van der Waals surface area contributed by atoms with E-state index in [0.717, 1.165) is 19.3 Å². The Kier molecular flexibility index (Phi) is 2.36. The number of hydrogen-bond acceptors (Lipinski definition) is 4. The third-order valence-corrected chi connectivity index (χ3v) is 2.92. The maximum atomic E-state index is 10.9. The molecule has 1 amide bonds. The van der Waals surface area contributed by atoms with Gasteiger partial charge in [0.15, 0.2) is 5.69 Å². The lowest BCUT2D eigenvalue weighted by atomic mass is 10.00. The molecule has 0 saturated heterocycles. The number of nitrogens with one attached hydrogen (secondary N) is 1. The number of aromatic amines is 1. The molecule has 0 bridgehead atoms. The summed E-state index contributed by atoms with van der Waals surface area (Å²) in [6, 6.07) is 0. The Bertz CT molecular complexity index is 387. The number of aliphatic hydroxyl groups excluding tert-OH is 1. The van der Waals surface area contributed by atoms with Crippen LogP contribution in [0.25, 0.3) is 0 Å². The Balaban J connectivity index is 2.33. The Morgan fingerprint density at radius 2 is 2.27 bits per heavy atom. The minimum absolute atomic E-state index is 0.0504. The van der Waals surface area contributed by atoms with E-state index in [0.29, 0.717) is 5.69 Å². The molecule has 1 saturated carbocycles. The molecule has 6 nitrogen and oxygen atoms in total. The van der Waals surface area contributed by atoms with Gasteiger partial charge in [0, 0.05) is 5.92 Å². The monoisotopic (exact) mass is 210 g/mol. The van der Waals surface area contributed by atoms with Crippen LogP contribution in [-0.4, -0.2) is 27.3 Å². The van der Waals surface area contributed by atoms with Crippen molar-refractivity contribution in [3.8, 4) is 0 Å². The Hall–Kier alpha value is -1.56. The van der Waals surface area contributed by atoms with Gasteiger partial charge in [0.05, 0.1) is 17.5 Å². The van der Waals surface area contributed by atoms with Gasteiger partial charge in [-0.1, -0.05) is 6.42 Å². The first-order chi connectivity index (χ1) is 7.11. The molecule has 1 aliphatic rings. The van der Waals surface area contributed by atoms with Crippen LogP contribution in [0.15, 0.2) is 0 Å². The molecule has 15 heavy (non-hydrogen) atoms. The molecular formula is C9H14N4O2. The summed E-state index contributed by atoms with van der Waals surface area (Å²) in [7, 11) is 0. The van der Waals surface area contributed by atoms with Gasteiger partial charge in [0.2, 0.25) is 0 Å². The number of amides is 1. The summed E-state index contributed by atoms with van der Waals surface area (Å²) in [6.45, 7) is 0. The number of hydrogen-bond donors (Lipinski definition) is 4. The number of carbonyl (C=O) groups is 1. The van der Waals surface area contributed by atoms with Crippen LogP contribution in [0.1, 0.15) is 41.4 Å². The second-order valence-electron chi connectivity index (χ2n) is 3.87. The highest BCUT2D eigenvalue weighted by molar-refractivity contribution is 5.96. The summed E-state index contributed by atoms with van der Waals surface area (Å²) in [5.41, 5.74) is 11.8. The number of primary amides is 1. The van der Waals surface area contributed by atoms with Gasteiger partial charge >= 0.3 is 0 Å². The smallest absolute Gasteiger partial charge is 0.271 e. The maximum Gasteiger partial charge on any atom is 0.271 e. The van der Waals surface area contributed by atoms with Crippen LogP contribution < -0.4 is 11.5 Å². The van der Waals surface area contributed by atoms with Crippen LogP contribution in [0.2, 0.25) is 0 Å². The van der Waals surface area contributed by atoms with Crippen LogP contribution in [-0.2, 0) is 0 Å². The molecule has 1 fully saturated rings. The highest BCUT2D eigenvalue weighted by atomic mass is 16.3. The molecule has 2 rings (SSSR count). The first kappa shape index (κ1) is 9.97. The highest BCUT2D eigenvalue weighted by Gasteiger charge is 2.31. The van der Waals surface area contributed by atoms with E-state index in [9.17, 15) is 9.90 Å². The minimum atomic E-state index is -0.650. The zero-order chi connectivity index (χ0) is 11.0. The number of nitrogen functional groups attached to an aromatic ring is 1. The molecule has 1 heterocycles. The predicted octanol–water partition coefficient (Wildman–Crippen LogP) is -0.281. The SMILES string of the molecule is NC(=O)c1n[nH]c([C@@H]2CCC[C@H]2O)c1N. The average Bonchev–Trinajstić information content (AvgIpc) is 2.71. The predicted molar refractivity (Wildman–Crippen MR) is 54.1 cm³/mol. The van der Waals surface area contributed by atoms with Crippen LogP contribution in [0.4, 0.5) is 5.69 Å². The second-order valence-corrected chi connectivity index (χ2v) is 3.87. The lowest BCUT2D eigenvalue weighted by Gasteiger charge is -2.12. The minimum Gasteiger partial charge on any atom is -0.395 e. The molecule has 0 radical (unpaired) electrons. The molecule has 1 aromatic heterocycles. The van der Waals surface area contributed by atoms with Crippen molar-refractivity contribution in [3.05, 3.63) is 11.4 Å². The van der Waals surface area contributed by atoms with E-state index in [4.69, 9.17) is 11.5 Å². The van der Waals surface area contributed by atoms with Crippen LogP contribution >= 0.6 is 0 Å². The van der Waals surface area contributed by atoms with Gasteiger partial charge < -0.3 is 16.6 Å². The average molecular weight is 210 g/mol. The summed E-state index contributed by atoms with van der Waals surface area (Å²) in [5, 5.41) is 16.1. The molecule has 6 N–H and O–H groups in total. The quantitative estimate of drug-likeness (QED) is 0.536. The zero-order valence-electron chi connectivity index (χ0n) is 8.23. The fourth-order valence-corrected chi connectivity index (χ4v) is 2.11. The van der Waals surface area contributed by atoms with Crippen LogP contribution in [0.5, 0.6) is 0 Å². The molecule has 1 aromatic rings. The molecule has 0 unspecified atom stereocenters. The summed E-state index contributed by atoms with van der Waals surface area (Å²) in [5.74, 6) is -0.701. The molecule has 1 aliphatic carbocycles. The van der Waals surface area contributed by atoms with Gasteiger partial charge in [0.1, 0.15) is 0 Å². The van der Waals surface area contributed by atoms with E-state index in [1.54, 1.807) is 0 Å². The zero-order valence-corrected chi connectivity index (χ0v) is 8.23. The van der Waals surface area contributed by atoms with E-state index in [1.807, 2.05) is 0 Å². The topological polar surface area (TPSA) is 118 Å². The fourth-order valence-electron chi connectivity index (χ4n) is 2.11. The van der Waals surface area contributed by atoms with Gasteiger partial charge in [-0.25, -0.2) is 0 Å². The van der Waals surface area contributed by atoms with Crippen molar-refractivity contribution >= 4 is 11.6 Å². The number of anilines is 1. The number of H-pyrrole nitrogens is 1. The molecule has 82 valence electrons. The summed E-state index contributed by atoms with van der Waals surface area (Å²) < 4.78 is 0. The number of aliphatic hydroxyl groups is 1. The van der Waals surface area contributed by atoms with Crippen molar-refractivity contribution in [1.29, 1.82) is 0 Å². The third kappa shape index (κ3) is 1.56. The van der Waals surface area contributed by atoms with Crippen molar-refractivity contribution in [2.45, 2.75) is 31.3 Å². The Morgan fingerprint density at radius 1 is 1.53 bits per heavy atom. The van der Waals surface area contributed by atoms with E-state index < -0.39 is 12.0 Å². The largest absolute Gasteiger partial charge is 0.395 e. The van der Waals surface area contributed by atoms with Crippen molar-refractivity contribution < 1.29 is 9.90 Å². The Labute approximate surface area is 86.6 Å². The summed E-state index contributed by atoms with van der Waals surface area (Å²) >= 11 is 0. The summed E-state index contributed by atoms with van der Waals surface area (Å²) in [6.07, 6.45) is 2.16. The number of aromatic nitrogens is 2. The number of nitrogens with zero attached hydrogens (tertiary/aromatic N) is 1. The standard InChI is InChI=1S/C9H14N4O2/c10-6-7(4-2-1-3-5(4)14)12-13-8(6)9(11)15/h4-5,14H,1-3,10H2,(H2,11,15)(H,12,13)/t4-,5-/m1/s1. The Morgan fingerprint density at radius 3 is 2.73 bits per heavy atom. The first-order valence-electron chi connectivity index (χ1n) is 4.93. The molecule has 0 aromatic carbocycles. The van der Waals surface area contributed by atoms with E-state index >= 15 is 0 Å². The van der Waals surface area contributed by atoms with Crippen LogP contribution in [0.3, 0.4) is 0 Å². The lowest BCUT2D eigenvalue weighted by molar-refractivity contribution is 0.0996. The normalized spacial score (nSPS) is 25.7. The molecule has 6 heteroatoms. The van der Waals surface area contributed by atoms with Crippen molar-refractivity contribution in [2.24, 2.45) is 5.73 Å². The van der Waals surface area contributed by atoms with Crippen molar-refractivity contribution in [3.63, 3.8) is 0 Å². The molecular weight excluding hydrogens is 196 g/mol. The number of rotatable bonds is 2. The fraction of sp³-hybridized carbons (Fsp3) is 0.556. The molecule has 0 aliphatic heterocycles. The van der Waals surface area contributed by atoms with Gasteiger partial charge in [-0.2, -0.15) is 5.10 Å². The first-order valence-corrected chi connectivity index (χ1v) is 4.93. The second kappa shape index (κ2) is 3.54. The number of nitrogens with two attached hydrogens (primary N) is 2. The van der Waals surface area contributed by atoms with Crippen molar-refractivity contribution in [1.82, 2.24) is 10.2 Å². The molecule has 0 spiro atoms. The lowest BCUT2D eigenvalue weighted by Crippen LogP contribution is -2.15. The summed E-state index contributed by atoms with van der Waals surface area (Å²) in [4.78, 5) is 10.9. The third-order valence-electron chi connectivity index (χ3n) is 2.92. The highest BCUT2D eigenvalue weighted by Crippen LogP contribution is 2.36. The maximum absolute atomic E-state index is 10.9. The molecule has 2 atom stereocenters. The van der Waals surface area contributed by atoms with E-state index in [-0.39, 0.29) is 17.3 Å². The van der Waals surface area contributed by atoms with Gasteiger partial charge in [-0.15, -0.1) is 0 Å². The van der Waals surface area contributed by atoms with Gasteiger partial charge in [0.25, 0.3) is 5.91 Å². The van der Waals surface area contributed by atoms with Gasteiger partial charge in [-0.3, -0.25) is 9.89 Å².